The van der Waals surface area contributed by atoms with Gasteiger partial charge in [-0.15, -0.1) is 5.10 Å². The van der Waals surface area contributed by atoms with E-state index in [-0.39, 0.29) is 6.04 Å². The molecule has 0 saturated carbocycles. The van der Waals surface area contributed by atoms with Gasteiger partial charge in [0.05, 0.1) is 30.3 Å². The van der Waals surface area contributed by atoms with Gasteiger partial charge >= 0.3 is 0 Å². The number of nitrogens with one attached hydrogen (secondary N) is 1. The summed E-state index contributed by atoms with van der Waals surface area (Å²) in [5.41, 5.74) is 1.12. The Balaban J connectivity index is 1.94. The van der Waals surface area contributed by atoms with Crippen molar-refractivity contribution >= 4 is 11.5 Å². The van der Waals surface area contributed by atoms with Crippen molar-refractivity contribution in [3.05, 3.63) is 34.8 Å². The maximum absolute atomic E-state index is 5.72. The first-order valence-electron chi connectivity index (χ1n) is 6.22. The minimum atomic E-state index is 0.0807. The van der Waals surface area contributed by atoms with Gasteiger partial charge in [0.1, 0.15) is 0 Å². The fourth-order valence-electron chi connectivity index (χ4n) is 2.13. The molecule has 5 nitrogen and oxygen atoms in total. The summed E-state index contributed by atoms with van der Waals surface area (Å²) in [6.45, 7) is 1.41. The van der Waals surface area contributed by atoms with Gasteiger partial charge in [-0.25, -0.2) is 0 Å². The van der Waals surface area contributed by atoms with Gasteiger partial charge in [-0.2, -0.15) is 0 Å². The molecule has 2 heterocycles. The van der Waals surface area contributed by atoms with Gasteiger partial charge in [-0.3, -0.25) is 0 Å². The van der Waals surface area contributed by atoms with Crippen LogP contribution in [0.25, 0.3) is 0 Å². The Hall–Kier alpha value is -1.66. The van der Waals surface area contributed by atoms with Gasteiger partial charge < -0.3 is 14.8 Å². The fraction of sp³-hybridized carbons (Fsp3) is 0.385. The molecule has 2 aromatic rings. The van der Waals surface area contributed by atoms with Crippen LogP contribution < -0.4 is 14.8 Å². The third-order valence-corrected chi connectivity index (χ3v) is 3.78. The highest BCUT2D eigenvalue weighted by atomic mass is 32.1. The van der Waals surface area contributed by atoms with E-state index >= 15 is 0 Å². The molecule has 1 N–H and O–H groups in total. The maximum Gasteiger partial charge on any atom is 0.161 e. The van der Waals surface area contributed by atoms with E-state index in [1.165, 1.54) is 11.5 Å². The monoisotopic (exact) mass is 277 g/mol. The molecule has 19 heavy (non-hydrogen) atoms. The number of hydrogen-bond acceptors (Lipinski definition) is 6. The van der Waals surface area contributed by atoms with Crippen molar-refractivity contribution in [1.29, 1.82) is 0 Å². The quantitative estimate of drug-likeness (QED) is 0.930. The normalized spacial score (nSPS) is 15.8. The van der Waals surface area contributed by atoms with Gasteiger partial charge in [0, 0.05) is 6.42 Å². The molecule has 0 bridgehead atoms. The van der Waals surface area contributed by atoms with E-state index in [2.05, 4.69) is 21.0 Å². The average Bonchev–Trinajstić information content (AvgIpc) is 2.85. The number of ether oxygens (including phenoxy) is 2. The molecule has 1 unspecified atom stereocenters. The minimum absolute atomic E-state index is 0.0807. The summed E-state index contributed by atoms with van der Waals surface area (Å²) in [5, 5.41) is 7.17. The summed E-state index contributed by atoms with van der Waals surface area (Å²) in [6.07, 6.45) is 2.70. The highest BCUT2D eigenvalue weighted by molar-refractivity contribution is 7.05. The molecule has 0 radical (unpaired) electrons. The predicted octanol–water partition coefficient (Wildman–Crippen LogP) is 2.01. The van der Waals surface area contributed by atoms with Crippen LogP contribution in [0.1, 0.15) is 22.9 Å². The van der Waals surface area contributed by atoms with Crippen molar-refractivity contribution in [2.45, 2.75) is 12.5 Å². The Kier molecular flexibility index (Phi) is 3.61. The maximum atomic E-state index is 5.72. The molecule has 1 atom stereocenters. The predicted molar refractivity (Wildman–Crippen MR) is 72.9 cm³/mol. The largest absolute Gasteiger partial charge is 0.490 e. The summed E-state index contributed by atoms with van der Waals surface area (Å²) in [6, 6.07) is 6.13. The first-order valence-corrected chi connectivity index (χ1v) is 7.00. The second-order valence-corrected chi connectivity index (χ2v) is 5.12. The Morgan fingerprint density at radius 2 is 2.11 bits per heavy atom. The Morgan fingerprint density at radius 1 is 1.26 bits per heavy atom. The van der Waals surface area contributed by atoms with Crippen molar-refractivity contribution in [3.8, 4) is 11.5 Å². The molecule has 100 valence electrons. The molecule has 0 amide bonds. The zero-order valence-corrected chi connectivity index (χ0v) is 11.4. The lowest BCUT2D eigenvalue weighted by Gasteiger charge is -2.16. The molecule has 6 heteroatoms. The lowest BCUT2D eigenvalue weighted by molar-refractivity contribution is 0.297. The summed E-state index contributed by atoms with van der Waals surface area (Å²) in [5.74, 6) is 1.63. The number of fused-ring (bicyclic) bond motifs is 1. The zero-order valence-electron chi connectivity index (χ0n) is 10.6. The van der Waals surface area contributed by atoms with Crippen LogP contribution in [0.4, 0.5) is 0 Å². The number of hydrogen-bond donors (Lipinski definition) is 1. The van der Waals surface area contributed by atoms with Crippen LogP contribution in [-0.4, -0.2) is 29.8 Å². The van der Waals surface area contributed by atoms with Crippen LogP contribution >= 0.6 is 11.5 Å². The van der Waals surface area contributed by atoms with Crippen LogP contribution in [0.5, 0.6) is 11.5 Å². The molecule has 1 aliphatic rings. The molecule has 0 saturated heterocycles. The topological polar surface area (TPSA) is 56.3 Å². The van der Waals surface area contributed by atoms with Crippen molar-refractivity contribution in [2.24, 2.45) is 0 Å². The highest BCUT2D eigenvalue weighted by Crippen LogP contribution is 2.34. The molecule has 1 aromatic heterocycles. The van der Waals surface area contributed by atoms with E-state index in [1.54, 1.807) is 6.20 Å². The van der Waals surface area contributed by atoms with Gasteiger partial charge in [0.2, 0.25) is 0 Å². The highest BCUT2D eigenvalue weighted by Gasteiger charge is 2.18. The molecule has 1 aromatic carbocycles. The van der Waals surface area contributed by atoms with E-state index in [0.29, 0.717) is 13.2 Å². The van der Waals surface area contributed by atoms with E-state index in [4.69, 9.17) is 9.47 Å². The summed E-state index contributed by atoms with van der Waals surface area (Å²) in [7, 11) is 1.92. The first kappa shape index (κ1) is 12.4. The van der Waals surface area contributed by atoms with Crippen LogP contribution in [0, 0.1) is 0 Å². The van der Waals surface area contributed by atoms with Crippen LogP contribution in [0.3, 0.4) is 0 Å². The Labute approximate surface area is 115 Å². The molecule has 1 aliphatic heterocycles. The number of rotatable bonds is 3. The third kappa shape index (κ3) is 2.54. The fourth-order valence-corrected chi connectivity index (χ4v) is 2.78. The second kappa shape index (κ2) is 5.54. The van der Waals surface area contributed by atoms with Crippen LogP contribution in [0.2, 0.25) is 0 Å². The lowest BCUT2D eigenvalue weighted by Crippen LogP contribution is -2.16. The SMILES string of the molecule is CNC(c1ccc2c(c1)OCCCO2)c1cnns1. The van der Waals surface area contributed by atoms with Crippen LogP contribution in [0.15, 0.2) is 24.4 Å². The average molecular weight is 277 g/mol. The standard InChI is InChI=1S/C13H15N3O2S/c1-14-13(12-8-15-16-19-12)9-3-4-10-11(7-9)18-6-2-5-17-10/h3-4,7-8,13-14H,2,5-6H2,1H3. The molecular weight excluding hydrogens is 262 g/mol. The third-order valence-electron chi connectivity index (χ3n) is 3.06. The van der Waals surface area contributed by atoms with Crippen molar-refractivity contribution in [2.75, 3.05) is 20.3 Å². The molecule has 0 aliphatic carbocycles. The summed E-state index contributed by atoms with van der Waals surface area (Å²) >= 11 is 1.40. The molecule has 0 fully saturated rings. The van der Waals surface area contributed by atoms with E-state index < -0.39 is 0 Å². The van der Waals surface area contributed by atoms with Crippen LogP contribution in [-0.2, 0) is 0 Å². The van der Waals surface area contributed by atoms with E-state index in [0.717, 1.165) is 28.4 Å². The summed E-state index contributed by atoms with van der Waals surface area (Å²) in [4.78, 5) is 1.08. The zero-order chi connectivity index (χ0) is 13.1. The van der Waals surface area contributed by atoms with Gasteiger partial charge in [0.25, 0.3) is 0 Å². The first-order chi connectivity index (χ1) is 9.38. The Bertz CT molecular complexity index is 545. The number of benzene rings is 1. The van der Waals surface area contributed by atoms with Crippen molar-refractivity contribution < 1.29 is 9.47 Å². The van der Waals surface area contributed by atoms with Gasteiger partial charge in [-0.05, 0) is 36.3 Å². The van der Waals surface area contributed by atoms with Gasteiger partial charge in [-0.1, -0.05) is 10.6 Å². The lowest BCUT2D eigenvalue weighted by atomic mass is 10.1. The Morgan fingerprint density at radius 3 is 2.84 bits per heavy atom. The smallest absolute Gasteiger partial charge is 0.161 e. The number of nitrogens with zero attached hydrogens (tertiary/aromatic N) is 2. The van der Waals surface area contributed by atoms with Crippen molar-refractivity contribution in [3.63, 3.8) is 0 Å². The second-order valence-electron chi connectivity index (χ2n) is 4.30. The van der Waals surface area contributed by atoms with Gasteiger partial charge in [0.15, 0.2) is 11.5 Å². The molecular formula is C13H15N3O2S. The number of aromatic nitrogens is 2. The minimum Gasteiger partial charge on any atom is -0.490 e. The summed E-state index contributed by atoms with van der Waals surface area (Å²) < 4.78 is 15.3. The van der Waals surface area contributed by atoms with E-state index in [9.17, 15) is 0 Å². The molecule has 3 rings (SSSR count). The van der Waals surface area contributed by atoms with E-state index in [1.807, 2.05) is 19.2 Å². The molecule has 0 spiro atoms. The van der Waals surface area contributed by atoms with Crippen molar-refractivity contribution in [1.82, 2.24) is 14.9 Å².